The van der Waals surface area contributed by atoms with E-state index in [0.717, 1.165) is 16.8 Å². The molecule has 1 fully saturated rings. The lowest BCUT2D eigenvalue weighted by molar-refractivity contribution is -0.149. The van der Waals surface area contributed by atoms with Gasteiger partial charge in [0.2, 0.25) is 5.91 Å². The highest BCUT2D eigenvalue weighted by Crippen LogP contribution is 2.52. The van der Waals surface area contributed by atoms with Gasteiger partial charge in [0.15, 0.2) is 5.60 Å². The molecule has 6 nitrogen and oxygen atoms in total. The minimum absolute atomic E-state index is 0.0330. The molecular weight excluding hydrogens is 380 g/mol. The first-order valence-corrected chi connectivity index (χ1v) is 10.5. The van der Waals surface area contributed by atoms with Gasteiger partial charge in [0, 0.05) is 31.6 Å². The van der Waals surface area contributed by atoms with Crippen LogP contribution in [-0.4, -0.2) is 48.1 Å². The lowest BCUT2D eigenvalue weighted by atomic mass is 9.83. The van der Waals surface area contributed by atoms with Crippen LogP contribution in [0.4, 0.5) is 5.69 Å². The Bertz CT molecular complexity index is 932. The maximum absolute atomic E-state index is 13.2. The average molecular weight is 408 g/mol. The number of benzene rings is 2. The number of aliphatic hydroxyl groups excluding tert-OH is 1. The van der Waals surface area contributed by atoms with Crippen LogP contribution in [0.5, 0.6) is 0 Å². The van der Waals surface area contributed by atoms with Gasteiger partial charge in [0.1, 0.15) is 0 Å². The number of carbonyl (C=O) groups is 2. The quantitative estimate of drug-likeness (QED) is 0.798. The van der Waals surface area contributed by atoms with Crippen LogP contribution in [0.15, 0.2) is 54.6 Å². The third-order valence-electron chi connectivity index (χ3n) is 6.29. The predicted octanol–water partition coefficient (Wildman–Crippen LogP) is 2.69. The first-order valence-electron chi connectivity index (χ1n) is 10.5. The molecule has 2 aliphatic rings. The number of fused-ring (bicyclic) bond motifs is 2. The molecule has 2 amide bonds. The second-order valence-corrected chi connectivity index (χ2v) is 8.22. The van der Waals surface area contributed by atoms with Crippen molar-refractivity contribution in [1.82, 2.24) is 4.90 Å². The van der Waals surface area contributed by atoms with Crippen LogP contribution in [0, 0.1) is 5.92 Å². The fraction of sp³-hybridized carbons (Fsp3) is 0.417. The highest BCUT2D eigenvalue weighted by molar-refractivity contribution is 6.07. The summed E-state index contributed by atoms with van der Waals surface area (Å²) in [7, 11) is 1.77. The van der Waals surface area contributed by atoms with Gasteiger partial charge in [-0.15, -0.1) is 0 Å². The van der Waals surface area contributed by atoms with Gasteiger partial charge in [0.25, 0.3) is 5.91 Å². The fourth-order valence-electron chi connectivity index (χ4n) is 4.80. The third kappa shape index (κ3) is 3.40. The zero-order valence-electron chi connectivity index (χ0n) is 17.5. The van der Waals surface area contributed by atoms with Crippen molar-refractivity contribution in [2.24, 2.45) is 5.92 Å². The van der Waals surface area contributed by atoms with Crippen molar-refractivity contribution < 1.29 is 19.4 Å². The first-order chi connectivity index (χ1) is 14.5. The van der Waals surface area contributed by atoms with Crippen LogP contribution in [0.25, 0.3) is 0 Å². The standard InChI is InChI=1S/C24H28N2O4/c1-17-14-19(15-22(28)26(12-13-27)16-18-8-4-3-5-9-18)30-24(17)20-10-6-7-11-21(20)25(2)23(24)29/h3-11,17,19,27H,12-16H2,1-2H3/t17-,19-,24+/m0/s1. The summed E-state index contributed by atoms with van der Waals surface area (Å²) in [5.74, 6) is -0.175. The van der Waals surface area contributed by atoms with Crippen LogP contribution in [-0.2, 0) is 26.5 Å². The molecule has 2 aromatic carbocycles. The molecule has 30 heavy (non-hydrogen) atoms. The number of aliphatic hydroxyl groups is 1. The maximum atomic E-state index is 13.2. The summed E-state index contributed by atoms with van der Waals surface area (Å²) in [5, 5.41) is 9.43. The van der Waals surface area contributed by atoms with E-state index in [1.165, 1.54) is 0 Å². The SMILES string of the molecule is C[C@H]1C[C@@H](CC(=O)N(CCO)Cc2ccccc2)O[C@]12C(=O)N(C)c1ccccc12. The number of hydrogen-bond acceptors (Lipinski definition) is 4. The fourth-order valence-corrected chi connectivity index (χ4v) is 4.80. The molecule has 1 saturated heterocycles. The normalized spacial score (nSPS) is 25.0. The average Bonchev–Trinajstić information content (AvgIpc) is 3.19. The van der Waals surface area contributed by atoms with Crippen LogP contribution in [0.2, 0.25) is 0 Å². The van der Waals surface area contributed by atoms with E-state index in [4.69, 9.17) is 4.74 Å². The molecule has 4 rings (SSSR count). The molecule has 3 atom stereocenters. The third-order valence-corrected chi connectivity index (χ3v) is 6.29. The van der Waals surface area contributed by atoms with Crippen LogP contribution >= 0.6 is 0 Å². The Hall–Kier alpha value is -2.70. The molecule has 0 radical (unpaired) electrons. The molecule has 2 aromatic rings. The zero-order valence-corrected chi connectivity index (χ0v) is 17.5. The summed E-state index contributed by atoms with van der Waals surface area (Å²) >= 11 is 0. The van der Waals surface area contributed by atoms with Crippen molar-refractivity contribution >= 4 is 17.5 Å². The Morgan fingerprint density at radius 2 is 1.90 bits per heavy atom. The van der Waals surface area contributed by atoms with Gasteiger partial charge in [-0.2, -0.15) is 0 Å². The second-order valence-electron chi connectivity index (χ2n) is 8.22. The number of anilines is 1. The van der Waals surface area contributed by atoms with Gasteiger partial charge >= 0.3 is 0 Å². The van der Waals surface area contributed by atoms with Crippen molar-refractivity contribution in [1.29, 1.82) is 0 Å². The first kappa shape index (κ1) is 20.6. The van der Waals surface area contributed by atoms with Gasteiger partial charge in [-0.05, 0) is 18.1 Å². The largest absolute Gasteiger partial charge is 0.395 e. The van der Waals surface area contributed by atoms with Crippen LogP contribution < -0.4 is 4.90 Å². The number of hydrogen-bond donors (Lipinski definition) is 1. The summed E-state index contributed by atoms with van der Waals surface area (Å²) in [6.07, 6.45) is 0.490. The van der Waals surface area contributed by atoms with E-state index < -0.39 is 5.60 Å². The molecule has 1 N–H and O–H groups in total. The molecule has 0 unspecified atom stereocenters. The van der Waals surface area contributed by atoms with E-state index in [1.807, 2.05) is 61.5 Å². The number of rotatable bonds is 6. The molecule has 1 spiro atoms. The Morgan fingerprint density at radius 3 is 2.63 bits per heavy atom. The number of para-hydroxylation sites is 1. The molecular formula is C24H28N2O4. The molecule has 6 heteroatoms. The van der Waals surface area contributed by atoms with E-state index in [9.17, 15) is 14.7 Å². The molecule has 0 aliphatic carbocycles. The second kappa shape index (κ2) is 8.20. The number of nitrogens with zero attached hydrogens (tertiary/aromatic N) is 2. The highest BCUT2D eigenvalue weighted by atomic mass is 16.5. The molecule has 2 heterocycles. The Labute approximate surface area is 177 Å². The van der Waals surface area contributed by atoms with Crippen molar-refractivity contribution in [3.63, 3.8) is 0 Å². The minimum atomic E-state index is -1.02. The molecule has 158 valence electrons. The molecule has 0 saturated carbocycles. The minimum Gasteiger partial charge on any atom is -0.395 e. The van der Waals surface area contributed by atoms with E-state index in [-0.39, 0.29) is 43.4 Å². The lowest BCUT2D eigenvalue weighted by Gasteiger charge is -2.28. The summed E-state index contributed by atoms with van der Waals surface area (Å²) in [6.45, 7) is 2.64. The van der Waals surface area contributed by atoms with Crippen molar-refractivity contribution in [2.75, 3.05) is 25.1 Å². The topological polar surface area (TPSA) is 70.1 Å². The Balaban J connectivity index is 1.51. The summed E-state index contributed by atoms with van der Waals surface area (Å²) in [4.78, 5) is 29.5. The number of carbonyl (C=O) groups excluding carboxylic acids is 2. The summed E-state index contributed by atoms with van der Waals surface area (Å²) < 4.78 is 6.38. The zero-order chi connectivity index (χ0) is 21.3. The van der Waals surface area contributed by atoms with E-state index in [0.29, 0.717) is 13.0 Å². The van der Waals surface area contributed by atoms with Crippen molar-refractivity contribution in [2.45, 2.75) is 38.0 Å². The van der Waals surface area contributed by atoms with E-state index >= 15 is 0 Å². The Morgan fingerprint density at radius 1 is 1.20 bits per heavy atom. The molecule has 0 bridgehead atoms. The summed E-state index contributed by atoms with van der Waals surface area (Å²) in [5.41, 5.74) is 1.75. The van der Waals surface area contributed by atoms with Crippen LogP contribution in [0.1, 0.15) is 30.9 Å². The van der Waals surface area contributed by atoms with Gasteiger partial charge in [-0.1, -0.05) is 55.5 Å². The Kier molecular flexibility index (Phi) is 5.62. The lowest BCUT2D eigenvalue weighted by Crippen LogP contribution is -2.42. The molecule has 2 aliphatic heterocycles. The van der Waals surface area contributed by atoms with Gasteiger partial charge in [-0.25, -0.2) is 0 Å². The number of ether oxygens (including phenoxy) is 1. The van der Waals surface area contributed by atoms with E-state index in [1.54, 1.807) is 16.8 Å². The van der Waals surface area contributed by atoms with Crippen LogP contribution in [0.3, 0.4) is 0 Å². The van der Waals surface area contributed by atoms with Gasteiger partial charge in [0.05, 0.1) is 24.8 Å². The van der Waals surface area contributed by atoms with Crippen molar-refractivity contribution in [3.05, 3.63) is 65.7 Å². The molecule has 0 aromatic heterocycles. The predicted molar refractivity (Wildman–Crippen MR) is 114 cm³/mol. The smallest absolute Gasteiger partial charge is 0.264 e. The van der Waals surface area contributed by atoms with E-state index in [2.05, 4.69) is 0 Å². The highest BCUT2D eigenvalue weighted by Gasteiger charge is 2.59. The summed E-state index contributed by atoms with van der Waals surface area (Å²) in [6, 6.07) is 17.4. The monoisotopic (exact) mass is 408 g/mol. The van der Waals surface area contributed by atoms with Gasteiger partial charge < -0.3 is 19.6 Å². The number of likely N-dealkylation sites (N-methyl/N-ethyl adjacent to an activating group) is 1. The number of amides is 2. The maximum Gasteiger partial charge on any atom is 0.264 e. The van der Waals surface area contributed by atoms with Gasteiger partial charge in [-0.3, -0.25) is 9.59 Å². The van der Waals surface area contributed by atoms with Crippen molar-refractivity contribution in [3.8, 4) is 0 Å².